The monoisotopic (exact) mass is 424 g/mol. The molecule has 9 heteroatoms. The zero-order valence-corrected chi connectivity index (χ0v) is 18.2. The third-order valence-corrected chi connectivity index (χ3v) is 6.55. The molecule has 1 atom stereocenters. The van der Waals surface area contributed by atoms with Gasteiger partial charge in [0.1, 0.15) is 5.76 Å². The molecule has 0 radical (unpaired) electrons. The van der Waals surface area contributed by atoms with E-state index in [1.807, 2.05) is 17.9 Å². The summed E-state index contributed by atoms with van der Waals surface area (Å²) >= 11 is 0. The predicted octanol–water partition coefficient (Wildman–Crippen LogP) is 2.32. The maximum Gasteiger partial charge on any atom is 0.276 e. The van der Waals surface area contributed by atoms with E-state index >= 15 is 0 Å². The average molecular weight is 425 g/mol. The van der Waals surface area contributed by atoms with Gasteiger partial charge in [-0.25, -0.2) is 9.50 Å². The van der Waals surface area contributed by atoms with Crippen molar-refractivity contribution < 1.29 is 9.32 Å². The second-order valence-electron chi connectivity index (χ2n) is 8.75. The first-order valence-corrected chi connectivity index (χ1v) is 11.1. The highest BCUT2D eigenvalue weighted by molar-refractivity contribution is 5.92. The highest BCUT2D eigenvalue weighted by atomic mass is 16.5. The molecular weight excluding hydrogens is 396 g/mol. The minimum Gasteiger partial charge on any atom is -0.361 e. The number of hydrogen-bond acceptors (Lipinski definition) is 6. The van der Waals surface area contributed by atoms with Crippen molar-refractivity contribution in [3.8, 4) is 0 Å². The molecule has 5 heterocycles. The van der Waals surface area contributed by atoms with Crippen LogP contribution in [0, 0.1) is 0 Å². The molecule has 0 spiro atoms. The number of hydrogen-bond donors (Lipinski definition) is 1. The van der Waals surface area contributed by atoms with Gasteiger partial charge in [0.15, 0.2) is 11.3 Å². The first kappa shape index (κ1) is 20.0. The summed E-state index contributed by atoms with van der Waals surface area (Å²) in [5.41, 5.74) is 3.39. The fraction of sp³-hybridized carbons (Fsp3) is 0.545. The highest BCUT2D eigenvalue weighted by Crippen LogP contribution is 2.33. The van der Waals surface area contributed by atoms with Crippen molar-refractivity contribution in [1.29, 1.82) is 0 Å². The van der Waals surface area contributed by atoms with Crippen LogP contribution in [0.4, 0.5) is 0 Å². The average Bonchev–Trinajstić information content (AvgIpc) is 3.51. The first-order valence-electron chi connectivity index (χ1n) is 11.1. The SMILES string of the molecule is CCc1cc(C(=O)N2CCC[C@@H]2c2cc3nc4c(c(=O)n3[nH]2)CCN(C(C)C)C4)no1. The summed E-state index contributed by atoms with van der Waals surface area (Å²) in [7, 11) is 0. The molecule has 0 saturated carbocycles. The van der Waals surface area contributed by atoms with Crippen LogP contribution in [0.2, 0.25) is 0 Å². The zero-order valence-electron chi connectivity index (χ0n) is 18.2. The topological polar surface area (TPSA) is 99.7 Å². The van der Waals surface area contributed by atoms with Crippen LogP contribution in [0.3, 0.4) is 0 Å². The first-order chi connectivity index (χ1) is 15.0. The summed E-state index contributed by atoms with van der Waals surface area (Å²) in [5.74, 6) is 0.554. The third kappa shape index (κ3) is 3.37. The van der Waals surface area contributed by atoms with Gasteiger partial charge >= 0.3 is 0 Å². The summed E-state index contributed by atoms with van der Waals surface area (Å²) in [4.78, 5) is 35.1. The molecule has 0 bridgehead atoms. The van der Waals surface area contributed by atoms with E-state index in [1.165, 1.54) is 4.52 Å². The number of carbonyl (C=O) groups excluding carboxylic acids is 1. The summed E-state index contributed by atoms with van der Waals surface area (Å²) in [5, 5.41) is 7.17. The Morgan fingerprint density at radius 3 is 2.90 bits per heavy atom. The molecule has 9 nitrogen and oxygen atoms in total. The Labute approximate surface area is 180 Å². The van der Waals surface area contributed by atoms with Gasteiger partial charge in [-0.2, -0.15) is 0 Å². The second kappa shape index (κ2) is 7.64. The van der Waals surface area contributed by atoms with E-state index < -0.39 is 0 Å². The van der Waals surface area contributed by atoms with Crippen molar-refractivity contribution in [3.05, 3.63) is 50.9 Å². The lowest BCUT2D eigenvalue weighted by atomic mass is 10.1. The molecule has 1 amide bonds. The van der Waals surface area contributed by atoms with Crippen LogP contribution < -0.4 is 5.56 Å². The van der Waals surface area contributed by atoms with E-state index in [4.69, 9.17) is 9.51 Å². The zero-order chi connectivity index (χ0) is 21.7. The van der Waals surface area contributed by atoms with Crippen molar-refractivity contribution in [2.75, 3.05) is 13.1 Å². The van der Waals surface area contributed by atoms with Gasteiger partial charge in [-0.3, -0.25) is 19.6 Å². The maximum atomic E-state index is 13.1. The maximum absolute atomic E-state index is 13.1. The quantitative estimate of drug-likeness (QED) is 0.690. The van der Waals surface area contributed by atoms with Gasteiger partial charge in [0.25, 0.3) is 11.5 Å². The van der Waals surface area contributed by atoms with Gasteiger partial charge in [-0.1, -0.05) is 12.1 Å². The molecule has 3 aromatic heterocycles. The van der Waals surface area contributed by atoms with Crippen LogP contribution in [-0.4, -0.2) is 54.6 Å². The lowest BCUT2D eigenvalue weighted by molar-refractivity contribution is 0.0722. The number of nitrogens with zero attached hydrogens (tertiary/aromatic N) is 5. The Morgan fingerprint density at radius 2 is 2.16 bits per heavy atom. The minimum absolute atomic E-state index is 0.0328. The van der Waals surface area contributed by atoms with Gasteiger partial charge in [0.05, 0.1) is 17.4 Å². The molecule has 1 saturated heterocycles. The van der Waals surface area contributed by atoms with Crippen LogP contribution in [0.25, 0.3) is 5.65 Å². The van der Waals surface area contributed by atoms with Gasteiger partial charge in [-0.05, 0) is 33.1 Å². The fourth-order valence-corrected chi connectivity index (χ4v) is 4.70. The fourth-order valence-electron chi connectivity index (χ4n) is 4.70. The van der Waals surface area contributed by atoms with E-state index in [2.05, 4.69) is 29.0 Å². The van der Waals surface area contributed by atoms with Crippen LogP contribution in [0.5, 0.6) is 0 Å². The van der Waals surface area contributed by atoms with E-state index in [1.54, 1.807) is 6.07 Å². The lowest BCUT2D eigenvalue weighted by Crippen LogP contribution is -2.39. The van der Waals surface area contributed by atoms with Crippen molar-refractivity contribution in [2.24, 2.45) is 0 Å². The van der Waals surface area contributed by atoms with Crippen molar-refractivity contribution >= 4 is 11.6 Å². The van der Waals surface area contributed by atoms with Crippen molar-refractivity contribution in [2.45, 2.75) is 65.1 Å². The summed E-state index contributed by atoms with van der Waals surface area (Å²) in [6.07, 6.45) is 3.12. The number of rotatable bonds is 4. The van der Waals surface area contributed by atoms with E-state index in [9.17, 15) is 9.59 Å². The molecule has 5 rings (SSSR count). The number of nitrogens with one attached hydrogen (secondary N) is 1. The molecule has 0 aliphatic carbocycles. The number of amides is 1. The van der Waals surface area contributed by atoms with Crippen LogP contribution in [0.1, 0.15) is 72.9 Å². The Kier molecular flexibility index (Phi) is 4.92. The van der Waals surface area contributed by atoms with E-state index in [0.29, 0.717) is 49.1 Å². The molecule has 1 N–H and O–H groups in total. The Morgan fingerprint density at radius 1 is 1.32 bits per heavy atom. The summed E-state index contributed by atoms with van der Waals surface area (Å²) < 4.78 is 6.75. The predicted molar refractivity (Wildman–Crippen MR) is 114 cm³/mol. The second-order valence-corrected chi connectivity index (χ2v) is 8.75. The third-order valence-electron chi connectivity index (χ3n) is 6.55. The summed E-state index contributed by atoms with van der Waals surface area (Å²) in [6, 6.07) is 3.90. The van der Waals surface area contributed by atoms with Crippen molar-refractivity contribution in [3.63, 3.8) is 0 Å². The smallest absolute Gasteiger partial charge is 0.276 e. The van der Waals surface area contributed by atoms with Gasteiger partial charge in [0.2, 0.25) is 0 Å². The number of fused-ring (bicyclic) bond motifs is 2. The number of likely N-dealkylation sites (tertiary alicyclic amines) is 1. The minimum atomic E-state index is -0.142. The van der Waals surface area contributed by atoms with Crippen molar-refractivity contribution in [1.82, 2.24) is 29.6 Å². The van der Waals surface area contributed by atoms with E-state index in [-0.39, 0.29) is 17.5 Å². The summed E-state index contributed by atoms with van der Waals surface area (Å²) in [6.45, 7) is 8.49. The van der Waals surface area contributed by atoms with Crippen LogP contribution in [-0.2, 0) is 19.4 Å². The Hall–Kier alpha value is -2.94. The molecule has 31 heavy (non-hydrogen) atoms. The molecule has 1 fully saturated rings. The van der Waals surface area contributed by atoms with E-state index in [0.717, 1.165) is 36.3 Å². The number of aromatic nitrogens is 4. The van der Waals surface area contributed by atoms with Crippen LogP contribution >= 0.6 is 0 Å². The largest absolute Gasteiger partial charge is 0.361 e. The Balaban J connectivity index is 1.48. The van der Waals surface area contributed by atoms with Gasteiger partial charge < -0.3 is 9.42 Å². The van der Waals surface area contributed by atoms with Gasteiger partial charge in [-0.15, -0.1) is 0 Å². The molecule has 0 unspecified atom stereocenters. The number of H-pyrrole nitrogens is 1. The van der Waals surface area contributed by atoms with Gasteiger partial charge in [0, 0.05) is 49.8 Å². The Bertz CT molecular complexity index is 1190. The molecular formula is C22H28N6O3. The molecule has 164 valence electrons. The molecule has 2 aliphatic rings. The lowest BCUT2D eigenvalue weighted by Gasteiger charge is -2.30. The molecule has 2 aliphatic heterocycles. The standard InChI is InChI=1S/C22H28N6O3/c1-4-14-10-17(25-31-14)22(30)27-8-5-6-19(27)16-11-20-23-18-12-26(13(2)3)9-7-15(18)21(29)28(20)24-16/h10-11,13,19,24H,4-9,12H2,1-3H3/t19-/m1/s1. The number of carbonyl (C=O) groups is 1. The highest BCUT2D eigenvalue weighted by Gasteiger charge is 2.34. The molecule has 0 aromatic carbocycles. The normalized spacial score (nSPS) is 19.5. The number of aryl methyl sites for hydroxylation is 1. The number of aromatic amines is 1. The van der Waals surface area contributed by atoms with Crippen LogP contribution in [0.15, 0.2) is 21.5 Å². The molecule has 3 aromatic rings.